The Bertz CT molecular complexity index is 969. The number of hydrogen-bond donors (Lipinski definition) is 1. The van der Waals surface area contributed by atoms with Crippen LogP contribution < -0.4 is 4.74 Å². The fourth-order valence-corrected chi connectivity index (χ4v) is 2.75. The number of ether oxygens (including phenoxy) is 1. The molecule has 0 aliphatic heterocycles. The quantitative estimate of drug-likeness (QED) is 0.562. The molecule has 0 aliphatic carbocycles. The predicted octanol–water partition coefficient (Wildman–Crippen LogP) is 1.61. The number of Topliss-reactive ketones (excluding diaryl/α,β-unsaturated/α-hetero) is 2. The van der Waals surface area contributed by atoms with Crippen LogP contribution in [-0.2, 0) is 29.2 Å². The summed E-state index contributed by atoms with van der Waals surface area (Å²) in [6.45, 7) is -0.231. The molecule has 0 fully saturated rings. The van der Waals surface area contributed by atoms with Gasteiger partial charge < -0.3 is 9.84 Å². The zero-order valence-electron chi connectivity index (χ0n) is 15.4. The second kappa shape index (κ2) is 9.01. The van der Waals surface area contributed by atoms with Gasteiger partial charge in [0.2, 0.25) is 5.82 Å². The van der Waals surface area contributed by atoms with Gasteiger partial charge in [-0.2, -0.15) is 4.80 Å². The third kappa shape index (κ3) is 4.86. The summed E-state index contributed by atoms with van der Waals surface area (Å²) in [7, 11) is 1.50. The van der Waals surface area contributed by atoms with E-state index in [9.17, 15) is 14.7 Å². The first-order valence-corrected chi connectivity index (χ1v) is 8.72. The van der Waals surface area contributed by atoms with Crippen LogP contribution in [0.3, 0.4) is 0 Å². The molecule has 3 aromatic rings. The van der Waals surface area contributed by atoms with Crippen LogP contribution in [0.5, 0.6) is 5.75 Å². The lowest BCUT2D eigenvalue weighted by atomic mass is 10.0. The number of benzene rings is 2. The van der Waals surface area contributed by atoms with Gasteiger partial charge in [0.25, 0.3) is 0 Å². The number of ketones is 2. The third-order valence-corrected chi connectivity index (χ3v) is 4.12. The van der Waals surface area contributed by atoms with Crippen LogP contribution in [0, 0.1) is 0 Å². The Morgan fingerprint density at radius 3 is 2.61 bits per heavy atom. The van der Waals surface area contributed by atoms with Crippen molar-refractivity contribution in [3.05, 3.63) is 59.7 Å². The number of hydrogen-bond acceptors (Lipinski definition) is 7. The number of tetrazole rings is 1. The maximum atomic E-state index is 12.3. The maximum absolute atomic E-state index is 12.3. The van der Waals surface area contributed by atoms with Crippen LogP contribution in [0.2, 0.25) is 0 Å². The second-order valence-corrected chi connectivity index (χ2v) is 6.24. The summed E-state index contributed by atoms with van der Waals surface area (Å²) in [5, 5.41) is 21.2. The Morgan fingerprint density at radius 2 is 1.89 bits per heavy atom. The number of carbonyl (C=O) groups excluding carboxylic acids is 2. The Morgan fingerprint density at radius 1 is 1.11 bits per heavy atom. The Labute approximate surface area is 161 Å². The summed E-state index contributed by atoms with van der Waals surface area (Å²) < 4.78 is 5.25. The molecule has 1 heterocycles. The molecule has 0 bridgehead atoms. The van der Waals surface area contributed by atoms with Crippen molar-refractivity contribution in [3.8, 4) is 17.1 Å². The number of aromatic nitrogens is 4. The zero-order chi connectivity index (χ0) is 19.9. The molecule has 0 saturated heterocycles. The van der Waals surface area contributed by atoms with Gasteiger partial charge in [0, 0.05) is 17.5 Å². The van der Waals surface area contributed by atoms with Crippen molar-refractivity contribution in [2.45, 2.75) is 26.0 Å². The largest absolute Gasteiger partial charge is 0.496 e. The molecule has 2 aromatic carbocycles. The zero-order valence-corrected chi connectivity index (χ0v) is 15.4. The summed E-state index contributed by atoms with van der Waals surface area (Å²) in [6, 6.07) is 14.4. The standard InChI is InChI=1S/C20H20N4O4/c1-28-19-9-14(13-25)7-8-16(19)10-17(26)11-18(27)12-24-22-20(21-23-24)15-5-3-2-4-6-15/h2-9,25H,10-13H2,1H3. The SMILES string of the molecule is COc1cc(CO)ccc1CC(=O)CC(=O)Cn1nnc(-c2ccccc2)n1. The summed E-state index contributed by atoms with van der Waals surface area (Å²) in [5.74, 6) is 0.405. The van der Waals surface area contributed by atoms with Gasteiger partial charge in [-0.1, -0.05) is 42.5 Å². The van der Waals surface area contributed by atoms with E-state index in [1.165, 1.54) is 11.9 Å². The molecule has 0 atom stereocenters. The van der Waals surface area contributed by atoms with Crippen LogP contribution in [-0.4, -0.2) is 44.0 Å². The molecule has 1 N–H and O–H groups in total. The first kappa shape index (κ1) is 19.4. The van der Waals surface area contributed by atoms with Gasteiger partial charge in [-0.15, -0.1) is 10.2 Å². The first-order chi connectivity index (χ1) is 13.6. The number of carbonyl (C=O) groups is 2. The normalized spacial score (nSPS) is 10.6. The van der Waals surface area contributed by atoms with Crippen molar-refractivity contribution in [2.75, 3.05) is 7.11 Å². The number of aliphatic hydroxyl groups excluding tert-OH is 1. The van der Waals surface area contributed by atoms with Crippen molar-refractivity contribution < 1.29 is 19.4 Å². The number of rotatable bonds is 9. The summed E-state index contributed by atoms with van der Waals surface area (Å²) >= 11 is 0. The molecule has 0 amide bonds. The first-order valence-electron chi connectivity index (χ1n) is 8.72. The number of nitrogens with zero attached hydrogens (tertiary/aromatic N) is 4. The molecule has 3 rings (SSSR count). The molecule has 1 aromatic heterocycles. The minimum Gasteiger partial charge on any atom is -0.496 e. The van der Waals surface area contributed by atoms with Crippen molar-refractivity contribution in [1.82, 2.24) is 20.2 Å². The lowest BCUT2D eigenvalue weighted by Crippen LogP contribution is -2.17. The van der Waals surface area contributed by atoms with E-state index < -0.39 is 0 Å². The minimum atomic E-state index is -0.298. The van der Waals surface area contributed by atoms with Gasteiger partial charge in [0.15, 0.2) is 5.78 Å². The van der Waals surface area contributed by atoms with E-state index in [4.69, 9.17) is 4.74 Å². The molecule has 144 valence electrons. The Hall–Kier alpha value is -3.39. The molecule has 8 nitrogen and oxygen atoms in total. The van der Waals surface area contributed by atoms with Gasteiger partial charge in [0.1, 0.15) is 18.1 Å². The topological polar surface area (TPSA) is 107 Å². The van der Waals surface area contributed by atoms with Crippen LogP contribution >= 0.6 is 0 Å². The van der Waals surface area contributed by atoms with Gasteiger partial charge in [-0.25, -0.2) is 0 Å². The van der Waals surface area contributed by atoms with Crippen molar-refractivity contribution in [2.24, 2.45) is 0 Å². The molecule has 28 heavy (non-hydrogen) atoms. The van der Waals surface area contributed by atoms with Crippen LogP contribution in [0.1, 0.15) is 17.5 Å². The van der Waals surface area contributed by atoms with Gasteiger partial charge in [-0.05, 0) is 16.8 Å². The van der Waals surface area contributed by atoms with Crippen LogP contribution in [0.15, 0.2) is 48.5 Å². The van der Waals surface area contributed by atoms with Crippen molar-refractivity contribution in [3.63, 3.8) is 0 Å². The lowest BCUT2D eigenvalue weighted by Gasteiger charge is -2.09. The van der Waals surface area contributed by atoms with Gasteiger partial charge in [-0.3, -0.25) is 9.59 Å². The molecule has 0 unspecified atom stereocenters. The smallest absolute Gasteiger partial charge is 0.204 e. The second-order valence-electron chi connectivity index (χ2n) is 6.24. The van der Waals surface area contributed by atoms with E-state index in [0.29, 0.717) is 22.7 Å². The fourth-order valence-electron chi connectivity index (χ4n) is 2.75. The van der Waals surface area contributed by atoms with E-state index in [-0.39, 0.29) is 37.6 Å². The average molecular weight is 380 g/mol. The van der Waals surface area contributed by atoms with Gasteiger partial charge in [0.05, 0.1) is 20.1 Å². The predicted molar refractivity (Wildman–Crippen MR) is 101 cm³/mol. The minimum absolute atomic E-state index is 0.0701. The maximum Gasteiger partial charge on any atom is 0.204 e. The Kier molecular flexibility index (Phi) is 6.23. The van der Waals surface area contributed by atoms with Crippen molar-refractivity contribution >= 4 is 11.6 Å². The van der Waals surface area contributed by atoms with E-state index in [1.807, 2.05) is 30.3 Å². The molecular weight excluding hydrogens is 360 g/mol. The number of aliphatic hydroxyl groups is 1. The third-order valence-electron chi connectivity index (χ3n) is 4.12. The van der Waals surface area contributed by atoms with Crippen LogP contribution in [0.25, 0.3) is 11.4 Å². The van der Waals surface area contributed by atoms with E-state index in [0.717, 1.165) is 5.56 Å². The highest BCUT2D eigenvalue weighted by atomic mass is 16.5. The lowest BCUT2D eigenvalue weighted by molar-refractivity contribution is -0.127. The monoisotopic (exact) mass is 380 g/mol. The van der Waals surface area contributed by atoms with Gasteiger partial charge >= 0.3 is 0 Å². The molecule has 0 saturated carbocycles. The molecule has 0 aliphatic rings. The van der Waals surface area contributed by atoms with E-state index in [2.05, 4.69) is 15.4 Å². The molecule has 0 spiro atoms. The highest BCUT2D eigenvalue weighted by molar-refractivity contribution is 5.99. The average Bonchev–Trinajstić information content (AvgIpc) is 3.17. The Balaban J connectivity index is 1.58. The van der Waals surface area contributed by atoms with Crippen molar-refractivity contribution in [1.29, 1.82) is 0 Å². The van der Waals surface area contributed by atoms with E-state index >= 15 is 0 Å². The molecule has 0 radical (unpaired) electrons. The summed E-state index contributed by atoms with van der Waals surface area (Å²) in [6.07, 6.45) is -0.159. The van der Waals surface area contributed by atoms with E-state index in [1.54, 1.807) is 18.2 Å². The fraction of sp³-hybridized carbons (Fsp3) is 0.250. The number of methoxy groups -OCH3 is 1. The molecular formula is C20H20N4O4. The highest BCUT2D eigenvalue weighted by Gasteiger charge is 2.15. The summed E-state index contributed by atoms with van der Waals surface area (Å²) in [4.78, 5) is 25.7. The highest BCUT2D eigenvalue weighted by Crippen LogP contribution is 2.21. The molecule has 8 heteroatoms. The summed E-state index contributed by atoms with van der Waals surface area (Å²) in [5.41, 5.74) is 2.16. The van der Waals surface area contributed by atoms with Crippen LogP contribution in [0.4, 0.5) is 0 Å².